The lowest BCUT2D eigenvalue weighted by Crippen LogP contribution is -2.41. The summed E-state index contributed by atoms with van der Waals surface area (Å²) < 4.78 is 0. The maximum Gasteiger partial charge on any atom is 0.0107 e. The molecule has 0 aromatic carbocycles. The van der Waals surface area contributed by atoms with Gasteiger partial charge in [0, 0.05) is 19.1 Å². The Hall–Kier alpha value is -0.0800. The molecule has 2 heteroatoms. The van der Waals surface area contributed by atoms with Crippen LogP contribution in [-0.2, 0) is 0 Å². The summed E-state index contributed by atoms with van der Waals surface area (Å²) in [4.78, 5) is 2.63. The molecule has 2 atom stereocenters. The van der Waals surface area contributed by atoms with E-state index >= 15 is 0 Å². The molecule has 1 saturated heterocycles. The van der Waals surface area contributed by atoms with Gasteiger partial charge in [-0.1, -0.05) is 20.3 Å². The zero-order valence-electron chi connectivity index (χ0n) is 11.0. The zero-order chi connectivity index (χ0) is 11.4. The van der Waals surface area contributed by atoms with E-state index in [4.69, 9.17) is 0 Å². The lowest BCUT2D eigenvalue weighted by molar-refractivity contribution is 0.190. The van der Waals surface area contributed by atoms with Crippen LogP contribution >= 0.6 is 0 Å². The monoisotopic (exact) mass is 224 g/mol. The molecule has 94 valence electrons. The summed E-state index contributed by atoms with van der Waals surface area (Å²) >= 11 is 0. The van der Waals surface area contributed by atoms with Crippen molar-refractivity contribution in [3.05, 3.63) is 0 Å². The summed E-state index contributed by atoms with van der Waals surface area (Å²) in [5.74, 6) is 1.86. The standard InChI is InChI=1S/C14H28N2/c1-12-6-9-16(10-7-12)11-8-15-14-5-3-4-13(14)2/h12-15H,3-11H2,1-2H3. The molecule has 2 aliphatic rings. The van der Waals surface area contributed by atoms with E-state index in [0.29, 0.717) is 0 Å². The molecule has 0 bridgehead atoms. The molecule has 2 nitrogen and oxygen atoms in total. The van der Waals surface area contributed by atoms with Crippen molar-refractivity contribution >= 4 is 0 Å². The molecule has 0 amide bonds. The van der Waals surface area contributed by atoms with Crippen molar-refractivity contribution in [2.75, 3.05) is 26.2 Å². The Kier molecular flexibility index (Phi) is 4.66. The molecule has 0 aromatic rings. The number of piperidine rings is 1. The molecule has 0 spiro atoms. The van der Waals surface area contributed by atoms with Gasteiger partial charge in [0.2, 0.25) is 0 Å². The first-order valence-corrected chi connectivity index (χ1v) is 7.21. The van der Waals surface area contributed by atoms with Crippen LogP contribution in [0, 0.1) is 11.8 Å². The number of rotatable bonds is 4. The average Bonchev–Trinajstić information content (AvgIpc) is 2.68. The molecule has 0 radical (unpaired) electrons. The van der Waals surface area contributed by atoms with Crippen LogP contribution in [0.2, 0.25) is 0 Å². The van der Waals surface area contributed by atoms with Gasteiger partial charge in [0.25, 0.3) is 0 Å². The van der Waals surface area contributed by atoms with E-state index in [1.165, 1.54) is 58.3 Å². The highest BCUT2D eigenvalue weighted by atomic mass is 15.1. The SMILES string of the molecule is CC1CCN(CCNC2CCCC2C)CC1. The molecule has 1 aliphatic heterocycles. The molecule has 2 fully saturated rings. The van der Waals surface area contributed by atoms with E-state index in [-0.39, 0.29) is 0 Å². The second kappa shape index (κ2) is 6.02. The summed E-state index contributed by atoms with van der Waals surface area (Å²) in [7, 11) is 0. The number of nitrogens with zero attached hydrogens (tertiary/aromatic N) is 1. The van der Waals surface area contributed by atoms with E-state index in [1.807, 2.05) is 0 Å². The fraction of sp³-hybridized carbons (Fsp3) is 1.00. The largest absolute Gasteiger partial charge is 0.312 e. The van der Waals surface area contributed by atoms with Crippen molar-refractivity contribution in [2.45, 2.75) is 52.0 Å². The molecule has 1 heterocycles. The minimum Gasteiger partial charge on any atom is -0.312 e. The van der Waals surface area contributed by atoms with Crippen molar-refractivity contribution in [1.82, 2.24) is 10.2 Å². The molecular formula is C14H28N2. The third kappa shape index (κ3) is 3.46. The molecular weight excluding hydrogens is 196 g/mol. The van der Waals surface area contributed by atoms with Crippen LogP contribution in [-0.4, -0.2) is 37.1 Å². The topological polar surface area (TPSA) is 15.3 Å². The van der Waals surface area contributed by atoms with Gasteiger partial charge in [-0.15, -0.1) is 0 Å². The van der Waals surface area contributed by atoms with E-state index in [1.54, 1.807) is 0 Å². The minimum absolute atomic E-state index is 0.809. The van der Waals surface area contributed by atoms with Crippen molar-refractivity contribution in [3.63, 3.8) is 0 Å². The molecule has 1 saturated carbocycles. The molecule has 2 unspecified atom stereocenters. The molecule has 0 aromatic heterocycles. The third-order valence-electron chi connectivity index (χ3n) is 4.57. The van der Waals surface area contributed by atoms with Gasteiger partial charge in [-0.2, -0.15) is 0 Å². The Morgan fingerprint density at radius 2 is 1.81 bits per heavy atom. The Labute approximate surface area is 101 Å². The normalized spacial score (nSPS) is 33.4. The van der Waals surface area contributed by atoms with Crippen LogP contribution in [0.15, 0.2) is 0 Å². The van der Waals surface area contributed by atoms with Gasteiger partial charge in [0.05, 0.1) is 0 Å². The predicted molar refractivity (Wildman–Crippen MR) is 69.6 cm³/mol. The summed E-state index contributed by atoms with van der Waals surface area (Å²) in [5, 5.41) is 3.75. The summed E-state index contributed by atoms with van der Waals surface area (Å²) in [5.41, 5.74) is 0. The van der Waals surface area contributed by atoms with Crippen LogP contribution in [0.1, 0.15) is 46.0 Å². The lowest BCUT2D eigenvalue weighted by Gasteiger charge is -2.30. The number of likely N-dealkylation sites (tertiary alicyclic amines) is 1. The highest BCUT2D eigenvalue weighted by Crippen LogP contribution is 2.24. The van der Waals surface area contributed by atoms with Crippen LogP contribution in [0.5, 0.6) is 0 Å². The van der Waals surface area contributed by atoms with Gasteiger partial charge >= 0.3 is 0 Å². The van der Waals surface area contributed by atoms with Crippen molar-refractivity contribution in [1.29, 1.82) is 0 Å². The quantitative estimate of drug-likeness (QED) is 0.789. The fourth-order valence-electron chi connectivity index (χ4n) is 3.14. The lowest BCUT2D eigenvalue weighted by atomic mass is 9.99. The van der Waals surface area contributed by atoms with Gasteiger partial charge in [0.15, 0.2) is 0 Å². The van der Waals surface area contributed by atoms with Gasteiger partial charge in [-0.05, 0) is 50.6 Å². The van der Waals surface area contributed by atoms with Gasteiger partial charge in [-0.25, -0.2) is 0 Å². The Morgan fingerprint density at radius 3 is 2.44 bits per heavy atom. The van der Waals surface area contributed by atoms with Crippen LogP contribution in [0.3, 0.4) is 0 Å². The zero-order valence-corrected chi connectivity index (χ0v) is 11.0. The van der Waals surface area contributed by atoms with Crippen molar-refractivity contribution < 1.29 is 0 Å². The predicted octanol–water partition coefficient (Wildman–Crippen LogP) is 2.50. The van der Waals surface area contributed by atoms with E-state index in [2.05, 4.69) is 24.1 Å². The summed E-state index contributed by atoms with van der Waals surface area (Å²) in [6.45, 7) is 9.88. The number of hydrogen-bond acceptors (Lipinski definition) is 2. The molecule has 2 rings (SSSR count). The minimum atomic E-state index is 0.809. The first-order valence-electron chi connectivity index (χ1n) is 7.21. The molecule has 16 heavy (non-hydrogen) atoms. The maximum absolute atomic E-state index is 3.75. The maximum atomic E-state index is 3.75. The van der Waals surface area contributed by atoms with Gasteiger partial charge in [0.1, 0.15) is 0 Å². The van der Waals surface area contributed by atoms with Crippen molar-refractivity contribution in [3.8, 4) is 0 Å². The number of hydrogen-bond donors (Lipinski definition) is 1. The Balaban J connectivity index is 1.57. The Bertz CT molecular complexity index is 197. The van der Waals surface area contributed by atoms with Gasteiger partial charge < -0.3 is 10.2 Å². The van der Waals surface area contributed by atoms with Crippen LogP contribution < -0.4 is 5.32 Å². The smallest absolute Gasteiger partial charge is 0.0107 e. The highest BCUT2D eigenvalue weighted by molar-refractivity contribution is 4.80. The second-order valence-electron chi connectivity index (χ2n) is 5.99. The fourth-order valence-corrected chi connectivity index (χ4v) is 3.14. The summed E-state index contributed by atoms with van der Waals surface area (Å²) in [6, 6.07) is 0.809. The van der Waals surface area contributed by atoms with Crippen molar-refractivity contribution in [2.24, 2.45) is 11.8 Å². The molecule has 1 N–H and O–H groups in total. The van der Waals surface area contributed by atoms with Gasteiger partial charge in [-0.3, -0.25) is 0 Å². The first kappa shape index (κ1) is 12.4. The van der Waals surface area contributed by atoms with Crippen LogP contribution in [0.4, 0.5) is 0 Å². The van der Waals surface area contributed by atoms with E-state index in [0.717, 1.165) is 17.9 Å². The van der Waals surface area contributed by atoms with E-state index < -0.39 is 0 Å². The second-order valence-corrected chi connectivity index (χ2v) is 5.99. The Morgan fingerprint density at radius 1 is 1.06 bits per heavy atom. The number of nitrogens with one attached hydrogen (secondary N) is 1. The first-order chi connectivity index (χ1) is 7.75. The average molecular weight is 224 g/mol. The highest BCUT2D eigenvalue weighted by Gasteiger charge is 2.22. The molecule has 1 aliphatic carbocycles. The van der Waals surface area contributed by atoms with E-state index in [9.17, 15) is 0 Å². The third-order valence-corrected chi connectivity index (χ3v) is 4.57. The van der Waals surface area contributed by atoms with Crippen LogP contribution in [0.25, 0.3) is 0 Å². The summed E-state index contributed by atoms with van der Waals surface area (Å²) in [6.07, 6.45) is 7.07.